The fourth-order valence-corrected chi connectivity index (χ4v) is 1.82. The number of hydrogen-bond acceptors (Lipinski definition) is 3. The molecule has 1 heterocycles. The third-order valence-electron chi connectivity index (χ3n) is 2.85. The zero-order chi connectivity index (χ0) is 11.5. The van der Waals surface area contributed by atoms with Crippen molar-refractivity contribution in [2.24, 2.45) is 0 Å². The fourth-order valence-electron chi connectivity index (χ4n) is 1.82. The Morgan fingerprint density at radius 1 is 1.53 bits per heavy atom. The molecule has 0 amide bonds. The number of carbonyl (C=O) groups is 1. The minimum absolute atomic E-state index is 0.365. The van der Waals surface area contributed by atoms with Gasteiger partial charge in [-0.3, -0.25) is 5.32 Å². The van der Waals surface area contributed by atoms with E-state index in [1.165, 1.54) is 0 Å². The maximum atomic E-state index is 11.1. The van der Waals surface area contributed by atoms with Crippen LogP contribution < -0.4 is 10.6 Å². The lowest BCUT2D eigenvalue weighted by atomic mass is 9.92. The summed E-state index contributed by atoms with van der Waals surface area (Å²) in [4.78, 5) is 11.1. The van der Waals surface area contributed by atoms with E-state index >= 15 is 0 Å². The van der Waals surface area contributed by atoms with Gasteiger partial charge < -0.3 is 10.4 Å². The molecule has 0 aromatic heterocycles. The molecule has 1 aliphatic heterocycles. The van der Waals surface area contributed by atoms with E-state index in [-0.39, 0.29) is 0 Å². The van der Waals surface area contributed by atoms with Crippen LogP contribution in [0.25, 0.3) is 0 Å². The number of rotatable bonds is 4. The maximum absolute atomic E-state index is 11.1. The van der Waals surface area contributed by atoms with Crippen LogP contribution >= 0.6 is 0 Å². The molecular formula is C11H18N2O2. The molecule has 3 N–H and O–H groups in total. The van der Waals surface area contributed by atoms with Gasteiger partial charge in [0, 0.05) is 5.70 Å². The summed E-state index contributed by atoms with van der Waals surface area (Å²) >= 11 is 0. The zero-order valence-corrected chi connectivity index (χ0v) is 9.42. The second kappa shape index (κ2) is 4.49. The highest BCUT2D eigenvalue weighted by Crippen LogP contribution is 2.24. The predicted octanol–water partition coefficient (Wildman–Crippen LogP) is 1.22. The first-order chi connectivity index (χ1) is 7.09. The summed E-state index contributed by atoms with van der Waals surface area (Å²) in [5.41, 5.74) is 0.784. The number of carboxylic acid groups (broad SMARTS) is 1. The van der Waals surface area contributed by atoms with Gasteiger partial charge in [0.15, 0.2) is 0 Å². The number of carboxylic acids is 1. The van der Waals surface area contributed by atoms with Crippen LogP contribution in [0.5, 0.6) is 0 Å². The van der Waals surface area contributed by atoms with Crippen molar-refractivity contribution in [2.45, 2.75) is 32.4 Å². The lowest BCUT2D eigenvalue weighted by Gasteiger charge is -2.38. The summed E-state index contributed by atoms with van der Waals surface area (Å²) < 4.78 is 0. The predicted molar refractivity (Wildman–Crippen MR) is 59.3 cm³/mol. The lowest BCUT2D eigenvalue weighted by molar-refractivity contribution is -0.133. The number of likely N-dealkylation sites (N-methyl/N-ethyl adjacent to an activating group) is 1. The molecular weight excluding hydrogens is 192 g/mol. The molecule has 0 spiro atoms. The van der Waals surface area contributed by atoms with Gasteiger partial charge in [0.1, 0.15) is 5.66 Å². The maximum Gasteiger partial charge on any atom is 0.335 e. The Kier molecular flexibility index (Phi) is 3.52. The molecule has 1 aliphatic rings. The molecule has 0 bridgehead atoms. The largest absolute Gasteiger partial charge is 0.478 e. The Morgan fingerprint density at radius 2 is 2.20 bits per heavy atom. The standard InChI is InChI=1S/C11H18N2O2/c1-4-8-6-7-9(10(14)15)11(5-2,12-3)13-8/h6-7,12-13H,4-5H2,1-3H3,(H,14,15). The second-order valence-electron chi connectivity index (χ2n) is 3.56. The van der Waals surface area contributed by atoms with Crippen LogP contribution in [0.4, 0.5) is 0 Å². The van der Waals surface area contributed by atoms with Gasteiger partial charge >= 0.3 is 5.97 Å². The summed E-state index contributed by atoms with van der Waals surface area (Å²) in [5, 5.41) is 15.4. The molecule has 0 fully saturated rings. The number of dihydropyridines is 1. The molecule has 0 radical (unpaired) electrons. The van der Waals surface area contributed by atoms with Crippen LogP contribution in [-0.4, -0.2) is 23.8 Å². The van der Waals surface area contributed by atoms with Crippen molar-refractivity contribution in [2.75, 3.05) is 7.05 Å². The van der Waals surface area contributed by atoms with Gasteiger partial charge in [-0.05, 0) is 32.0 Å². The van der Waals surface area contributed by atoms with Gasteiger partial charge in [0.05, 0.1) is 5.57 Å². The van der Waals surface area contributed by atoms with E-state index in [1.807, 2.05) is 19.9 Å². The van der Waals surface area contributed by atoms with Crippen LogP contribution in [0.1, 0.15) is 26.7 Å². The molecule has 1 atom stereocenters. The minimum atomic E-state index is -0.884. The lowest BCUT2D eigenvalue weighted by Crippen LogP contribution is -2.58. The van der Waals surface area contributed by atoms with E-state index in [2.05, 4.69) is 10.6 Å². The van der Waals surface area contributed by atoms with Crippen molar-refractivity contribution in [3.8, 4) is 0 Å². The van der Waals surface area contributed by atoms with Gasteiger partial charge in [-0.2, -0.15) is 0 Å². The highest BCUT2D eigenvalue weighted by Gasteiger charge is 2.36. The van der Waals surface area contributed by atoms with Gasteiger partial charge in [-0.15, -0.1) is 0 Å². The normalized spacial score (nSPS) is 25.3. The Morgan fingerprint density at radius 3 is 2.60 bits per heavy atom. The number of allylic oxidation sites excluding steroid dienone is 3. The molecule has 84 valence electrons. The second-order valence-corrected chi connectivity index (χ2v) is 3.56. The average Bonchev–Trinajstić information content (AvgIpc) is 2.27. The topological polar surface area (TPSA) is 61.4 Å². The molecule has 0 saturated carbocycles. The van der Waals surface area contributed by atoms with Crippen molar-refractivity contribution < 1.29 is 9.90 Å². The van der Waals surface area contributed by atoms with E-state index < -0.39 is 11.6 Å². The molecule has 1 rings (SSSR count). The minimum Gasteiger partial charge on any atom is -0.478 e. The molecule has 1 unspecified atom stereocenters. The van der Waals surface area contributed by atoms with E-state index in [0.29, 0.717) is 12.0 Å². The number of nitrogens with one attached hydrogen (secondary N) is 2. The summed E-state index contributed by atoms with van der Waals surface area (Å²) in [6.45, 7) is 3.99. The first-order valence-electron chi connectivity index (χ1n) is 5.21. The zero-order valence-electron chi connectivity index (χ0n) is 9.42. The van der Waals surface area contributed by atoms with E-state index in [9.17, 15) is 4.79 Å². The Bertz CT molecular complexity index is 315. The summed E-state index contributed by atoms with van der Waals surface area (Å²) in [6.07, 6.45) is 5.05. The highest BCUT2D eigenvalue weighted by molar-refractivity contribution is 5.90. The highest BCUT2D eigenvalue weighted by atomic mass is 16.4. The van der Waals surface area contributed by atoms with E-state index in [1.54, 1.807) is 13.1 Å². The van der Waals surface area contributed by atoms with Crippen LogP contribution in [0.3, 0.4) is 0 Å². The Hall–Kier alpha value is -1.29. The molecule has 0 saturated heterocycles. The average molecular weight is 210 g/mol. The van der Waals surface area contributed by atoms with Crippen LogP contribution in [0.15, 0.2) is 23.4 Å². The summed E-state index contributed by atoms with van der Waals surface area (Å²) in [5.74, 6) is -0.884. The Labute approximate surface area is 90.1 Å². The first kappa shape index (κ1) is 11.8. The number of hydrogen-bond donors (Lipinski definition) is 3. The van der Waals surface area contributed by atoms with Gasteiger partial charge in [0.2, 0.25) is 0 Å². The van der Waals surface area contributed by atoms with E-state index in [0.717, 1.165) is 12.1 Å². The van der Waals surface area contributed by atoms with Gasteiger partial charge in [-0.25, -0.2) is 4.79 Å². The van der Waals surface area contributed by atoms with Crippen molar-refractivity contribution in [3.63, 3.8) is 0 Å². The van der Waals surface area contributed by atoms with Gasteiger partial charge in [0.25, 0.3) is 0 Å². The van der Waals surface area contributed by atoms with E-state index in [4.69, 9.17) is 5.11 Å². The molecule has 0 aromatic rings. The summed E-state index contributed by atoms with van der Waals surface area (Å²) in [6, 6.07) is 0. The molecule has 0 aromatic carbocycles. The molecule has 0 aliphatic carbocycles. The third kappa shape index (κ3) is 2.04. The molecule has 4 heteroatoms. The number of aliphatic carboxylic acids is 1. The quantitative estimate of drug-likeness (QED) is 0.653. The SMILES string of the molecule is CCC1=CC=C(C(=O)O)C(CC)(NC)N1. The van der Waals surface area contributed by atoms with Crippen LogP contribution in [0, 0.1) is 0 Å². The monoisotopic (exact) mass is 210 g/mol. The Balaban J connectivity index is 3.11. The molecule has 4 nitrogen and oxygen atoms in total. The fraction of sp³-hybridized carbons (Fsp3) is 0.545. The van der Waals surface area contributed by atoms with Crippen LogP contribution in [-0.2, 0) is 4.79 Å². The van der Waals surface area contributed by atoms with Crippen molar-refractivity contribution >= 4 is 5.97 Å². The third-order valence-corrected chi connectivity index (χ3v) is 2.85. The first-order valence-corrected chi connectivity index (χ1v) is 5.21. The summed E-state index contributed by atoms with van der Waals surface area (Å²) in [7, 11) is 1.77. The van der Waals surface area contributed by atoms with Crippen molar-refractivity contribution in [1.82, 2.24) is 10.6 Å². The van der Waals surface area contributed by atoms with Crippen LogP contribution in [0.2, 0.25) is 0 Å². The smallest absolute Gasteiger partial charge is 0.335 e. The molecule has 15 heavy (non-hydrogen) atoms. The van der Waals surface area contributed by atoms with Gasteiger partial charge in [-0.1, -0.05) is 13.8 Å². The van der Waals surface area contributed by atoms with Crippen molar-refractivity contribution in [3.05, 3.63) is 23.4 Å². The van der Waals surface area contributed by atoms with Crippen molar-refractivity contribution in [1.29, 1.82) is 0 Å².